The number of rotatable bonds is 4. The van der Waals surface area contributed by atoms with Crippen molar-refractivity contribution in [1.82, 2.24) is 0 Å². The van der Waals surface area contributed by atoms with E-state index in [4.69, 9.17) is 0 Å². The molecular weight excluding hydrogens is 336 g/mol. The van der Waals surface area contributed by atoms with Gasteiger partial charge in [-0.2, -0.15) is 0 Å². The van der Waals surface area contributed by atoms with Gasteiger partial charge in [-0.3, -0.25) is 0 Å². The quantitative estimate of drug-likeness (QED) is 0.451. The molecule has 0 saturated carbocycles. The first-order valence-corrected chi connectivity index (χ1v) is 10.8. The lowest BCUT2D eigenvalue weighted by molar-refractivity contribution is 0.530. The van der Waals surface area contributed by atoms with Gasteiger partial charge in [0, 0.05) is 0 Å². The Kier molecular flexibility index (Phi) is 5.45. The Morgan fingerprint density at radius 2 is 1.18 bits per heavy atom. The lowest BCUT2D eigenvalue weighted by Crippen LogP contribution is -2.25. The molecule has 0 aliphatic heterocycles. The summed E-state index contributed by atoms with van der Waals surface area (Å²) >= 11 is 0. The average Bonchev–Trinajstić information content (AvgIpc) is 2.67. The van der Waals surface area contributed by atoms with Crippen molar-refractivity contribution in [3.05, 3.63) is 56.0 Å². The monoisotopic (exact) mass is 372 g/mol. The van der Waals surface area contributed by atoms with Gasteiger partial charge in [-0.25, -0.2) is 0 Å². The molecule has 1 atom stereocenters. The first-order valence-electron chi connectivity index (χ1n) is 10.8. The summed E-state index contributed by atoms with van der Waals surface area (Å²) in [5, 5.41) is 7.72. The number of fused-ring (bicyclic) bond motifs is 2. The number of hydrogen-bond donors (Lipinski definition) is 0. The Bertz CT molecular complexity index is 1180. The molecule has 3 rings (SSSR count). The molecule has 28 heavy (non-hydrogen) atoms. The number of benzene rings is 3. The normalized spacial score (nSPS) is 13.0. The Labute approximate surface area is 171 Å². The molecule has 3 aromatic rings. The van der Waals surface area contributed by atoms with Gasteiger partial charge in [-0.15, -0.1) is 0 Å². The van der Waals surface area contributed by atoms with Gasteiger partial charge < -0.3 is 0 Å². The van der Waals surface area contributed by atoms with E-state index in [0.29, 0.717) is 11.8 Å². The Morgan fingerprint density at radius 1 is 0.679 bits per heavy atom. The zero-order valence-corrected chi connectivity index (χ0v) is 19.1. The molecule has 0 N–H and O–H groups in total. The predicted molar refractivity (Wildman–Crippen MR) is 128 cm³/mol. The summed E-state index contributed by atoms with van der Waals surface area (Å²) < 4.78 is 0. The van der Waals surface area contributed by atoms with Crippen molar-refractivity contribution in [2.24, 2.45) is 5.92 Å². The van der Waals surface area contributed by atoms with Crippen LogP contribution in [0.3, 0.4) is 0 Å². The fourth-order valence-corrected chi connectivity index (χ4v) is 5.06. The van der Waals surface area contributed by atoms with Crippen LogP contribution in [-0.4, -0.2) is 0 Å². The van der Waals surface area contributed by atoms with Crippen molar-refractivity contribution in [2.45, 2.75) is 74.1 Å². The highest BCUT2D eigenvalue weighted by Crippen LogP contribution is 2.33. The average molecular weight is 373 g/mol. The molecule has 0 fully saturated rings. The van der Waals surface area contributed by atoms with Gasteiger partial charge in [0.1, 0.15) is 0 Å². The van der Waals surface area contributed by atoms with Gasteiger partial charge >= 0.3 is 0 Å². The van der Waals surface area contributed by atoms with Crippen LogP contribution in [0.2, 0.25) is 0 Å². The van der Waals surface area contributed by atoms with E-state index in [0.717, 1.165) is 12.8 Å². The van der Waals surface area contributed by atoms with Gasteiger partial charge in [-0.05, 0) is 123 Å². The highest BCUT2D eigenvalue weighted by Gasteiger charge is 2.19. The maximum Gasteiger partial charge on any atom is -0.0102 e. The Hall–Kier alpha value is -2.08. The van der Waals surface area contributed by atoms with Gasteiger partial charge in [0.25, 0.3) is 0 Å². The molecule has 0 amide bonds. The third kappa shape index (κ3) is 2.89. The SMILES string of the molecule is C=c1c(CC)c(C(C)C(C)C)c(=C)c2cc3c(C)c(CC)c(C)c(C)c3cc12. The summed E-state index contributed by atoms with van der Waals surface area (Å²) in [7, 11) is 0. The van der Waals surface area contributed by atoms with Gasteiger partial charge in [0.05, 0.1) is 0 Å². The van der Waals surface area contributed by atoms with Gasteiger partial charge in [-0.1, -0.05) is 47.8 Å². The predicted octanol–water partition coefficient (Wildman–Crippen LogP) is 6.62. The molecular formula is C28H36. The maximum atomic E-state index is 4.59. The minimum Gasteiger partial charge on any atom is -0.0908 e. The van der Waals surface area contributed by atoms with E-state index in [9.17, 15) is 0 Å². The molecule has 0 heteroatoms. The van der Waals surface area contributed by atoms with Gasteiger partial charge in [0.15, 0.2) is 0 Å². The van der Waals surface area contributed by atoms with Crippen LogP contribution in [0.25, 0.3) is 34.7 Å². The fraction of sp³-hybridized carbons (Fsp3) is 0.429. The van der Waals surface area contributed by atoms with E-state index in [1.54, 1.807) is 0 Å². The minimum atomic E-state index is 0.482. The zero-order chi connectivity index (χ0) is 20.9. The minimum absolute atomic E-state index is 0.482. The van der Waals surface area contributed by atoms with E-state index in [2.05, 4.69) is 80.7 Å². The van der Waals surface area contributed by atoms with Crippen LogP contribution in [-0.2, 0) is 12.8 Å². The maximum absolute atomic E-state index is 4.59. The summed E-state index contributed by atoms with van der Waals surface area (Å²) in [6, 6.07) is 4.79. The lowest BCUT2D eigenvalue weighted by atomic mass is 9.81. The Balaban J connectivity index is 2.58. The second-order valence-electron chi connectivity index (χ2n) is 8.89. The molecule has 0 bridgehead atoms. The number of hydrogen-bond acceptors (Lipinski definition) is 0. The second kappa shape index (κ2) is 7.39. The third-order valence-electron chi connectivity index (χ3n) is 7.26. The summed E-state index contributed by atoms with van der Waals surface area (Å²) in [5.74, 6) is 1.07. The van der Waals surface area contributed by atoms with Crippen LogP contribution in [0.4, 0.5) is 0 Å². The highest BCUT2D eigenvalue weighted by molar-refractivity contribution is 6.03. The molecule has 148 valence electrons. The smallest absolute Gasteiger partial charge is 0.0102 e. The van der Waals surface area contributed by atoms with Crippen LogP contribution in [0.15, 0.2) is 12.1 Å². The second-order valence-corrected chi connectivity index (χ2v) is 8.89. The summed E-state index contributed by atoms with van der Waals surface area (Å²) in [4.78, 5) is 0. The fourth-order valence-electron chi connectivity index (χ4n) is 5.06. The topological polar surface area (TPSA) is 0 Å². The van der Waals surface area contributed by atoms with Crippen molar-refractivity contribution in [3.63, 3.8) is 0 Å². The van der Waals surface area contributed by atoms with E-state index in [1.807, 2.05) is 0 Å². The van der Waals surface area contributed by atoms with Crippen LogP contribution in [0.1, 0.15) is 73.9 Å². The third-order valence-corrected chi connectivity index (χ3v) is 7.26. The largest absolute Gasteiger partial charge is 0.0908 e. The van der Waals surface area contributed by atoms with Crippen LogP contribution in [0, 0.1) is 26.7 Å². The summed E-state index contributed by atoms with van der Waals surface area (Å²) in [5.41, 5.74) is 8.58. The van der Waals surface area contributed by atoms with Crippen molar-refractivity contribution >= 4 is 34.7 Å². The van der Waals surface area contributed by atoms with E-state index >= 15 is 0 Å². The van der Waals surface area contributed by atoms with Crippen molar-refractivity contribution in [2.75, 3.05) is 0 Å². The lowest BCUT2D eigenvalue weighted by Gasteiger charge is -2.23. The van der Waals surface area contributed by atoms with E-state index in [1.165, 1.54) is 65.4 Å². The molecule has 0 aliphatic rings. The van der Waals surface area contributed by atoms with E-state index < -0.39 is 0 Å². The summed E-state index contributed by atoms with van der Waals surface area (Å²) in [6.45, 7) is 27.4. The van der Waals surface area contributed by atoms with Crippen LogP contribution >= 0.6 is 0 Å². The molecule has 0 saturated heterocycles. The van der Waals surface area contributed by atoms with Crippen molar-refractivity contribution < 1.29 is 0 Å². The molecule has 0 radical (unpaired) electrons. The molecule has 0 aromatic heterocycles. The highest BCUT2D eigenvalue weighted by atomic mass is 14.2. The van der Waals surface area contributed by atoms with Crippen LogP contribution in [0.5, 0.6) is 0 Å². The standard InChI is InChI=1S/C28H36/c1-11-22-17(6)18(7)24-13-26-20(9)23(12-2)28(16(5)15(3)4)21(10)27(26)14-25(24)19(22)8/h13-16H,9-12H2,1-8H3. The molecule has 0 aliphatic carbocycles. The Morgan fingerprint density at radius 3 is 1.68 bits per heavy atom. The van der Waals surface area contributed by atoms with E-state index in [-0.39, 0.29) is 0 Å². The van der Waals surface area contributed by atoms with Crippen LogP contribution < -0.4 is 10.4 Å². The molecule has 1 unspecified atom stereocenters. The molecule has 0 spiro atoms. The summed E-state index contributed by atoms with van der Waals surface area (Å²) in [6.07, 6.45) is 2.09. The first-order chi connectivity index (χ1) is 13.1. The first kappa shape index (κ1) is 20.6. The van der Waals surface area contributed by atoms with Crippen molar-refractivity contribution in [3.8, 4) is 0 Å². The number of aryl methyl sites for hydroxylation is 2. The molecule has 0 heterocycles. The molecule has 0 nitrogen and oxygen atoms in total. The van der Waals surface area contributed by atoms with Gasteiger partial charge in [0.2, 0.25) is 0 Å². The molecule has 3 aromatic carbocycles. The zero-order valence-electron chi connectivity index (χ0n) is 19.1. The van der Waals surface area contributed by atoms with Crippen molar-refractivity contribution in [1.29, 1.82) is 0 Å².